The Morgan fingerprint density at radius 3 is 2.58 bits per heavy atom. The molecule has 10 heteroatoms. The summed E-state index contributed by atoms with van der Waals surface area (Å²) in [5, 5.41) is 12.6. The van der Waals surface area contributed by atoms with Crippen molar-refractivity contribution in [2.75, 3.05) is 25.9 Å². The van der Waals surface area contributed by atoms with Crippen molar-refractivity contribution in [1.82, 2.24) is 15.2 Å². The number of aromatic amines is 1. The number of H-pyrrole nitrogens is 1. The van der Waals surface area contributed by atoms with Gasteiger partial charge in [-0.1, -0.05) is 11.6 Å². The Bertz CT molecular complexity index is 1370. The second kappa shape index (κ2) is 10.1. The van der Waals surface area contributed by atoms with Gasteiger partial charge in [-0.25, -0.2) is 0 Å². The SMILES string of the molecule is CSc1cc(C)[nH]c(=O)c1CNC(=O)c1cc(Cl)c2c(c1C)O[C@@](C)(C1CCN(CC3(C#N)CC3)CC1)O2. The van der Waals surface area contributed by atoms with Gasteiger partial charge >= 0.3 is 0 Å². The fourth-order valence-electron chi connectivity index (χ4n) is 5.55. The molecule has 1 atom stereocenters. The van der Waals surface area contributed by atoms with E-state index in [1.54, 1.807) is 6.07 Å². The minimum absolute atomic E-state index is 0.0967. The number of amides is 1. The summed E-state index contributed by atoms with van der Waals surface area (Å²) in [5.41, 5.74) is 1.97. The number of carbonyl (C=O) groups excluding carboxylic acids is 1. The van der Waals surface area contributed by atoms with Crippen LogP contribution in [0.3, 0.4) is 0 Å². The summed E-state index contributed by atoms with van der Waals surface area (Å²) < 4.78 is 12.8. The van der Waals surface area contributed by atoms with Gasteiger partial charge in [0.15, 0.2) is 11.5 Å². The van der Waals surface area contributed by atoms with Gasteiger partial charge in [0.05, 0.1) is 16.5 Å². The Labute approximate surface area is 232 Å². The number of rotatable bonds is 7. The molecule has 1 aromatic carbocycles. The lowest BCUT2D eigenvalue weighted by Crippen LogP contribution is -2.49. The van der Waals surface area contributed by atoms with Gasteiger partial charge in [-0.3, -0.25) is 9.59 Å². The van der Waals surface area contributed by atoms with Gasteiger partial charge in [0.2, 0.25) is 0 Å². The number of nitrogens with zero attached hydrogens (tertiary/aromatic N) is 2. The molecule has 2 aromatic rings. The summed E-state index contributed by atoms with van der Waals surface area (Å²) in [6, 6.07) is 5.99. The number of benzene rings is 1. The average molecular weight is 557 g/mol. The highest BCUT2D eigenvalue weighted by atomic mass is 35.5. The number of pyridine rings is 1. The molecule has 38 heavy (non-hydrogen) atoms. The summed E-state index contributed by atoms with van der Waals surface area (Å²) in [6.45, 7) is 8.31. The van der Waals surface area contributed by atoms with Gasteiger partial charge in [0.1, 0.15) is 0 Å². The molecular weight excluding hydrogens is 524 g/mol. The van der Waals surface area contributed by atoms with Crippen molar-refractivity contribution in [2.24, 2.45) is 11.3 Å². The lowest BCUT2D eigenvalue weighted by Gasteiger charge is -2.39. The third-order valence-corrected chi connectivity index (χ3v) is 9.20. The normalized spacial score (nSPS) is 22.2. The number of hydrogen-bond donors (Lipinski definition) is 2. The zero-order valence-corrected chi connectivity index (χ0v) is 23.8. The summed E-state index contributed by atoms with van der Waals surface area (Å²) in [6.07, 6.45) is 5.67. The zero-order chi connectivity index (χ0) is 27.2. The van der Waals surface area contributed by atoms with Crippen LogP contribution in [0.25, 0.3) is 0 Å². The van der Waals surface area contributed by atoms with Crippen LogP contribution in [0.1, 0.15) is 59.8 Å². The highest BCUT2D eigenvalue weighted by molar-refractivity contribution is 7.98. The number of aryl methyl sites for hydroxylation is 1. The molecule has 2 aliphatic heterocycles. The molecule has 1 aliphatic carbocycles. The van der Waals surface area contributed by atoms with E-state index in [9.17, 15) is 14.9 Å². The minimum atomic E-state index is -0.882. The molecule has 2 fully saturated rings. The van der Waals surface area contributed by atoms with E-state index in [0.717, 1.165) is 55.9 Å². The predicted molar refractivity (Wildman–Crippen MR) is 147 cm³/mol. The molecule has 3 aliphatic rings. The maximum Gasteiger partial charge on any atom is 0.254 e. The first-order chi connectivity index (χ1) is 18.1. The number of nitriles is 1. The summed E-state index contributed by atoms with van der Waals surface area (Å²) in [5.74, 6) is -0.114. The largest absolute Gasteiger partial charge is 0.448 e. The maximum absolute atomic E-state index is 13.2. The van der Waals surface area contributed by atoms with Crippen LogP contribution in [0.5, 0.6) is 11.5 Å². The molecule has 0 bridgehead atoms. The Morgan fingerprint density at radius 1 is 1.26 bits per heavy atom. The average Bonchev–Trinajstić information content (AvgIpc) is 3.57. The van der Waals surface area contributed by atoms with E-state index in [1.165, 1.54) is 11.8 Å². The van der Waals surface area contributed by atoms with Crippen LogP contribution in [0.4, 0.5) is 0 Å². The van der Waals surface area contributed by atoms with Crippen LogP contribution in [0.15, 0.2) is 21.8 Å². The predicted octanol–water partition coefficient (Wildman–Crippen LogP) is 4.80. The number of piperidine rings is 1. The number of likely N-dealkylation sites (tertiary alicyclic amines) is 1. The lowest BCUT2D eigenvalue weighted by atomic mass is 9.88. The molecule has 3 heterocycles. The first-order valence-electron chi connectivity index (χ1n) is 13.0. The van der Waals surface area contributed by atoms with Gasteiger partial charge in [-0.05, 0) is 71.0 Å². The molecule has 1 amide bonds. The third-order valence-electron chi connectivity index (χ3n) is 8.11. The second-order valence-corrected chi connectivity index (χ2v) is 12.1. The van der Waals surface area contributed by atoms with Crippen LogP contribution in [0.2, 0.25) is 5.02 Å². The van der Waals surface area contributed by atoms with Crippen molar-refractivity contribution in [3.63, 3.8) is 0 Å². The maximum atomic E-state index is 13.2. The van der Waals surface area contributed by atoms with E-state index >= 15 is 0 Å². The molecule has 202 valence electrons. The lowest BCUT2D eigenvalue weighted by molar-refractivity contribution is -0.125. The van der Waals surface area contributed by atoms with Crippen LogP contribution >= 0.6 is 23.4 Å². The van der Waals surface area contributed by atoms with Crippen molar-refractivity contribution in [3.05, 3.63) is 49.9 Å². The smallest absolute Gasteiger partial charge is 0.254 e. The number of nitrogens with one attached hydrogen (secondary N) is 2. The van der Waals surface area contributed by atoms with E-state index in [1.807, 2.05) is 33.1 Å². The topological polar surface area (TPSA) is 107 Å². The molecule has 0 unspecified atom stereocenters. The molecule has 1 aromatic heterocycles. The molecule has 1 saturated heterocycles. The highest BCUT2D eigenvalue weighted by Gasteiger charge is 2.49. The first-order valence-corrected chi connectivity index (χ1v) is 14.6. The summed E-state index contributed by atoms with van der Waals surface area (Å²) in [4.78, 5) is 31.7. The van der Waals surface area contributed by atoms with Crippen LogP contribution in [0, 0.1) is 36.5 Å². The van der Waals surface area contributed by atoms with E-state index in [4.69, 9.17) is 21.1 Å². The van der Waals surface area contributed by atoms with Gasteiger partial charge in [-0.15, -0.1) is 11.8 Å². The van der Waals surface area contributed by atoms with Crippen molar-refractivity contribution < 1.29 is 14.3 Å². The van der Waals surface area contributed by atoms with Crippen molar-refractivity contribution >= 4 is 29.3 Å². The second-order valence-electron chi connectivity index (χ2n) is 10.9. The fraction of sp³-hybridized carbons (Fsp3) is 0.536. The van der Waals surface area contributed by atoms with Crippen LogP contribution in [-0.4, -0.2) is 47.5 Å². The monoisotopic (exact) mass is 556 g/mol. The molecule has 0 radical (unpaired) electrons. The van der Waals surface area contributed by atoms with E-state index in [2.05, 4.69) is 21.3 Å². The molecule has 5 rings (SSSR count). The molecule has 8 nitrogen and oxygen atoms in total. The molecule has 2 N–H and O–H groups in total. The number of carbonyl (C=O) groups is 1. The number of thioether (sulfide) groups is 1. The van der Waals surface area contributed by atoms with Crippen LogP contribution < -0.4 is 20.3 Å². The first kappa shape index (κ1) is 26.9. The number of hydrogen-bond acceptors (Lipinski definition) is 7. The van der Waals surface area contributed by atoms with E-state index < -0.39 is 5.79 Å². The Hall–Kier alpha value is -2.67. The number of aromatic nitrogens is 1. The highest BCUT2D eigenvalue weighted by Crippen LogP contribution is 2.51. The van der Waals surface area contributed by atoms with Gasteiger partial charge < -0.3 is 24.7 Å². The number of halogens is 1. The third kappa shape index (κ3) is 5.02. The quantitative estimate of drug-likeness (QED) is 0.472. The summed E-state index contributed by atoms with van der Waals surface area (Å²) in [7, 11) is 0. The molecule has 1 saturated carbocycles. The molecular formula is C28H33ClN4O4S. The van der Waals surface area contributed by atoms with Gasteiger partial charge in [0.25, 0.3) is 17.3 Å². The van der Waals surface area contributed by atoms with Crippen molar-refractivity contribution in [2.45, 2.75) is 63.7 Å². The Morgan fingerprint density at radius 2 is 1.95 bits per heavy atom. The molecule has 0 spiro atoms. The van der Waals surface area contributed by atoms with Crippen LogP contribution in [-0.2, 0) is 6.54 Å². The van der Waals surface area contributed by atoms with E-state index in [-0.39, 0.29) is 29.3 Å². The summed E-state index contributed by atoms with van der Waals surface area (Å²) >= 11 is 8.07. The zero-order valence-electron chi connectivity index (χ0n) is 22.2. The Balaban J connectivity index is 1.28. The Kier molecular flexibility index (Phi) is 7.18. The fourth-order valence-corrected chi connectivity index (χ4v) is 6.49. The van der Waals surface area contributed by atoms with Gasteiger partial charge in [-0.2, -0.15) is 5.26 Å². The van der Waals surface area contributed by atoms with Gasteiger partial charge in [0, 0.05) is 53.2 Å². The number of fused-ring (bicyclic) bond motifs is 1. The minimum Gasteiger partial charge on any atom is -0.448 e. The number of ether oxygens (including phenoxy) is 2. The standard InChI is InChI=1S/C28H33ClN4O4S/c1-16-11-22(38-4)20(26(35)32-16)13-31-25(34)19-12-21(29)24-23(17(19)2)36-27(3,37-24)18-5-9-33(10-6-18)15-28(14-30)7-8-28/h11-12,18H,5-10,13,15H2,1-4H3,(H,31,34)(H,32,35)/t27-/m1/s1. The van der Waals surface area contributed by atoms with E-state index in [0.29, 0.717) is 33.2 Å². The van der Waals surface area contributed by atoms with Crippen molar-refractivity contribution in [1.29, 1.82) is 5.26 Å². The van der Waals surface area contributed by atoms with Crippen molar-refractivity contribution in [3.8, 4) is 17.6 Å².